The lowest BCUT2D eigenvalue weighted by molar-refractivity contribution is 0.530. The monoisotopic (exact) mass is 310 g/mol. The molecule has 0 radical (unpaired) electrons. The first-order valence-electron chi connectivity index (χ1n) is 7.52. The summed E-state index contributed by atoms with van der Waals surface area (Å²) >= 11 is 5.92. The summed E-state index contributed by atoms with van der Waals surface area (Å²) in [6, 6.07) is 16.1. The maximum atomic E-state index is 5.92. The molecule has 22 heavy (non-hydrogen) atoms. The second kappa shape index (κ2) is 6.37. The Morgan fingerprint density at radius 1 is 1.05 bits per heavy atom. The molecule has 112 valence electrons. The molecule has 2 nitrogen and oxygen atoms in total. The first-order chi connectivity index (χ1) is 10.6. The van der Waals surface area contributed by atoms with E-state index in [0.717, 1.165) is 28.5 Å². The fraction of sp³-hybridized carbons (Fsp3) is 0.211. The Labute approximate surface area is 136 Å². The van der Waals surface area contributed by atoms with E-state index in [0.29, 0.717) is 5.92 Å². The zero-order valence-electron chi connectivity index (χ0n) is 12.8. The van der Waals surface area contributed by atoms with Gasteiger partial charge in [0.25, 0.3) is 0 Å². The van der Waals surface area contributed by atoms with Crippen molar-refractivity contribution in [3.05, 3.63) is 64.9 Å². The summed E-state index contributed by atoms with van der Waals surface area (Å²) in [6.07, 6.45) is 4.15. The molecule has 0 amide bonds. The van der Waals surface area contributed by atoms with Crippen LogP contribution in [0.4, 0.5) is 0 Å². The van der Waals surface area contributed by atoms with Crippen molar-refractivity contribution in [2.75, 3.05) is 0 Å². The van der Waals surface area contributed by atoms with Gasteiger partial charge < -0.3 is 4.57 Å². The predicted octanol–water partition coefficient (Wildman–Crippen LogP) is 5.52. The van der Waals surface area contributed by atoms with E-state index >= 15 is 0 Å². The second-order valence-electron chi connectivity index (χ2n) is 5.85. The van der Waals surface area contributed by atoms with Crippen molar-refractivity contribution in [2.45, 2.75) is 20.4 Å². The van der Waals surface area contributed by atoms with Gasteiger partial charge in [-0.3, -0.25) is 0 Å². The molecule has 1 aromatic heterocycles. The van der Waals surface area contributed by atoms with E-state index in [1.54, 1.807) is 0 Å². The SMILES string of the molecule is CC(C)Cn1c(/C=C/c2ccc(Cl)cc2)nc2ccccc21. The highest BCUT2D eigenvalue weighted by Crippen LogP contribution is 2.20. The summed E-state index contributed by atoms with van der Waals surface area (Å²) in [5, 5.41) is 0.754. The zero-order chi connectivity index (χ0) is 15.5. The van der Waals surface area contributed by atoms with Crippen LogP contribution >= 0.6 is 11.6 Å². The van der Waals surface area contributed by atoms with Crippen molar-refractivity contribution in [2.24, 2.45) is 5.92 Å². The lowest BCUT2D eigenvalue weighted by Crippen LogP contribution is -2.06. The molecule has 0 bridgehead atoms. The Bertz CT molecular complexity index is 798. The van der Waals surface area contributed by atoms with Gasteiger partial charge >= 0.3 is 0 Å². The van der Waals surface area contributed by atoms with E-state index < -0.39 is 0 Å². The van der Waals surface area contributed by atoms with Crippen molar-refractivity contribution in [1.29, 1.82) is 0 Å². The third kappa shape index (κ3) is 3.23. The maximum Gasteiger partial charge on any atom is 0.133 e. The highest BCUT2D eigenvalue weighted by atomic mass is 35.5. The van der Waals surface area contributed by atoms with Crippen LogP contribution in [0.5, 0.6) is 0 Å². The molecule has 0 aliphatic rings. The van der Waals surface area contributed by atoms with Crippen LogP contribution in [-0.2, 0) is 6.54 Å². The molecule has 3 aromatic rings. The molecule has 0 atom stereocenters. The number of imidazole rings is 1. The summed E-state index contributed by atoms with van der Waals surface area (Å²) in [4.78, 5) is 4.75. The van der Waals surface area contributed by atoms with E-state index in [9.17, 15) is 0 Å². The molecule has 1 heterocycles. The largest absolute Gasteiger partial charge is 0.324 e. The summed E-state index contributed by atoms with van der Waals surface area (Å²) in [5.41, 5.74) is 3.35. The Hall–Kier alpha value is -2.06. The van der Waals surface area contributed by atoms with Gasteiger partial charge in [0.2, 0.25) is 0 Å². The minimum Gasteiger partial charge on any atom is -0.324 e. The van der Waals surface area contributed by atoms with E-state index in [4.69, 9.17) is 16.6 Å². The number of fused-ring (bicyclic) bond motifs is 1. The number of nitrogens with zero attached hydrogens (tertiary/aromatic N) is 2. The molecule has 0 unspecified atom stereocenters. The minimum atomic E-state index is 0.570. The van der Waals surface area contributed by atoms with E-state index in [1.165, 1.54) is 5.52 Å². The highest BCUT2D eigenvalue weighted by Gasteiger charge is 2.09. The summed E-state index contributed by atoms with van der Waals surface area (Å²) < 4.78 is 2.28. The van der Waals surface area contributed by atoms with Crippen molar-refractivity contribution in [3.63, 3.8) is 0 Å². The van der Waals surface area contributed by atoms with Crippen LogP contribution < -0.4 is 0 Å². The van der Waals surface area contributed by atoms with Crippen molar-refractivity contribution < 1.29 is 0 Å². The molecule has 0 spiro atoms. The van der Waals surface area contributed by atoms with E-state index in [2.05, 4.69) is 48.8 Å². The zero-order valence-corrected chi connectivity index (χ0v) is 13.6. The molecule has 3 rings (SSSR count). The Kier molecular flexibility index (Phi) is 4.30. The van der Waals surface area contributed by atoms with Crippen LogP contribution in [0.2, 0.25) is 5.02 Å². The van der Waals surface area contributed by atoms with Gasteiger partial charge in [-0.15, -0.1) is 0 Å². The topological polar surface area (TPSA) is 17.8 Å². The third-order valence-electron chi connectivity index (χ3n) is 3.53. The molecule has 0 aliphatic carbocycles. The molecule has 0 saturated carbocycles. The highest BCUT2D eigenvalue weighted by molar-refractivity contribution is 6.30. The number of aromatic nitrogens is 2. The molecule has 2 aromatic carbocycles. The maximum absolute atomic E-state index is 5.92. The molecule has 0 N–H and O–H groups in total. The van der Waals surface area contributed by atoms with Crippen LogP contribution in [0, 0.1) is 5.92 Å². The fourth-order valence-corrected chi connectivity index (χ4v) is 2.65. The van der Waals surface area contributed by atoms with E-state index in [-0.39, 0.29) is 0 Å². The Morgan fingerprint density at radius 2 is 1.77 bits per heavy atom. The number of para-hydroxylation sites is 2. The standard InChI is InChI=1S/C19H19ClN2/c1-14(2)13-22-18-6-4-3-5-17(18)21-19(22)12-9-15-7-10-16(20)11-8-15/h3-12,14H,13H2,1-2H3/b12-9+. The quantitative estimate of drug-likeness (QED) is 0.620. The lowest BCUT2D eigenvalue weighted by Gasteiger charge is -2.09. The smallest absolute Gasteiger partial charge is 0.133 e. The van der Waals surface area contributed by atoms with Crippen LogP contribution in [0.15, 0.2) is 48.5 Å². The van der Waals surface area contributed by atoms with Crippen molar-refractivity contribution in [3.8, 4) is 0 Å². The molecular weight excluding hydrogens is 292 g/mol. The second-order valence-corrected chi connectivity index (χ2v) is 6.28. The van der Waals surface area contributed by atoms with Gasteiger partial charge in [-0.1, -0.05) is 55.8 Å². The minimum absolute atomic E-state index is 0.570. The Morgan fingerprint density at radius 3 is 2.50 bits per heavy atom. The first kappa shape index (κ1) is 14.9. The Balaban J connectivity index is 2.00. The average Bonchev–Trinajstić information content (AvgIpc) is 2.84. The number of benzene rings is 2. The number of halogens is 1. The van der Waals surface area contributed by atoms with Gasteiger partial charge in [0.05, 0.1) is 11.0 Å². The fourth-order valence-electron chi connectivity index (χ4n) is 2.52. The van der Waals surface area contributed by atoms with Crippen LogP contribution in [0.3, 0.4) is 0 Å². The molecule has 3 heteroatoms. The van der Waals surface area contributed by atoms with Gasteiger partial charge in [-0.25, -0.2) is 4.98 Å². The van der Waals surface area contributed by atoms with Gasteiger partial charge in [0.15, 0.2) is 0 Å². The molecule has 0 saturated heterocycles. The van der Waals surface area contributed by atoms with Crippen molar-refractivity contribution in [1.82, 2.24) is 9.55 Å². The lowest BCUT2D eigenvalue weighted by atomic mass is 10.2. The van der Waals surface area contributed by atoms with Crippen molar-refractivity contribution >= 4 is 34.8 Å². The number of rotatable bonds is 4. The first-order valence-corrected chi connectivity index (χ1v) is 7.90. The van der Waals surface area contributed by atoms with Gasteiger partial charge in [0.1, 0.15) is 5.82 Å². The summed E-state index contributed by atoms with van der Waals surface area (Å²) in [6.45, 7) is 5.41. The molecule has 0 aliphatic heterocycles. The third-order valence-corrected chi connectivity index (χ3v) is 3.78. The average molecular weight is 311 g/mol. The summed E-state index contributed by atoms with van der Waals surface area (Å²) in [7, 11) is 0. The molecular formula is C19H19ClN2. The summed E-state index contributed by atoms with van der Waals surface area (Å²) in [5.74, 6) is 1.56. The normalized spacial score (nSPS) is 11.8. The number of hydrogen-bond acceptors (Lipinski definition) is 1. The van der Waals surface area contributed by atoms with Crippen LogP contribution in [0.1, 0.15) is 25.2 Å². The number of hydrogen-bond donors (Lipinski definition) is 0. The van der Waals surface area contributed by atoms with Crippen LogP contribution in [0.25, 0.3) is 23.2 Å². The van der Waals surface area contributed by atoms with Gasteiger partial charge in [-0.05, 0) is 41.8 Å². The molecule has 0 fully saturated rings. The van der Waals surface area contributed by atoms with Gasteiger partial charge in [0, 0.05) is 11.6 Å². The van der Waals surface area contributed by atoms with E-state index in [1.807, 2.05) is 30.3 Å². The predicted molar refractivity (Wildman–Crippen MR) is 95.0 cm³/mol. The van der Waals surface area contributed by atoms with Crippen LogP contribution in [-0.4, -0.2) is 9.55 Å². The van der Waals surface area contributed by atoms with Gasteiger partial charge in [-0.2, -0.15) is 0 Å².